The first-order valence-corrected chi connectivity index (χ1v) is 15.4. The van der Waals surface area contributed by atoms with E-state index in [0.717, 1.165) is 38.5 Å². The van der Waals surface area contributed by atoms with Crippen molar-refractivity contribution in [1.82, 2.24) is 0 Å². The standard InChI is InChI=1S/C31H49F5O2/c1-20(5-4-11-28(37)14-17-30(32,33)18-15-28)23-8-9-24-22-7-6-21-19-29(38,31(34,35)36)16-13-26(21,2)25(22)10-12-27(23,24)3/h20-25,37-38H,4-19H2,1-3H3/t20-,21+,22+,23-,24+,25+,26+,27-,29+/m1/s1. The van der Waals surface area contributed by atoms with Crippen molar-refractivity contribution in [1.29, 1.82) is 0 Å². The summed E-state index contributed by atoms with van der Waals surface area (Å²) in [5, 5.41) is 21.3. The fraction of sp³-hybridized carbons (Fsp3) is 1.00. The van der Waals surface area contributed by atoms with Crippen LogP contribution in [0.25, 0.3) is 0 Å². The van der Waals surface area contributed by atoms with Gasteiger partial charge in [0.2, 0.25) is 5.92 Å². The van der Waals surface area contributed by atoms with Gasteiger partial charge in [0.1, 0.15) is 0 Å². The Morgan fingerprint density at radius 2 is 1.45 bits per heavy atom. The summed E-state index contributed by atoms with van der Waals surface area (Å²) in [7, 11) is 0. The Morgan fingerprint density at radius 3 is 2.11 bits per heavy atom. The number of halogens is 5. The lowest BCUT2D eigenvalue weighted by molar-refractivity contribution is -0.290. The van der Waals surface area contributed by atoms with Crippen molar-refractivity contribution in [2.45, 2.75) is 147 Å². The molecule has 5 fully saturated rings. The highest BCUT2D eigenvalue weighted by Crippen LogP contribution is 2.69. The zero-order valence-electron chi connectivity index (χ0n) is 23.6. The van der Waals surface area contributed by atoms with Gasteiger partial charge < -0.3 is 10.2 Å². The molecule has 220 valence electrons. The molecule has 5 saturated carbocycles. The Kier molecular flexibility index (Phi) is 7.31. The second-order valence-electron chi connectivity index (χ2n) is 15.1. The Balaban J connectivity index is 1.20. The molecule has 38 heavy (non-hydrogen) atoms. The number of alkyl halides is 5. The maximum absolute atomic E-state index is 13.6. The predicted octanol–water partition coefficient (Wildman–Crippen LogP) is 8.69. The molecule has 5 aliphatic carbocycles. The average Bonchev–Trinajstić information content (AvgIpc) is 3.18. The summed E-state index contributed by atoms with van der Waals surface area (Å²) in [6.07, 6.45) is 4.42. The topological polar surface area (TPSA) is 40.5 Å². The number of hydrogen-bond acceptors (Lipinski definition) is 2. The van der Waals surface area contributed by atoms with Crippen LogP contribution >= 0.6 is 0 Å². The molecule has 0 saturated heterocycles. The zero-order chi connectivity index (χ0) is 27.8. The van der Waals surface area contributed by atoms with Gasteiger partial charge in [-0.05, 0) is 123 Å². The Bertz CT molecular complexity index is 865. The van der Waals surface area contributed by atoms with Crippen LogP contribution in [0.15, 0.2) is 0 Å². The molecule has 0 bridgehead atoms. The SMILES string of the molecule is C[C@H](CCCC1(O)CCC(F)(F)CC1)[C@H]1CC[C@H]2[C@@H]3CC[C@H]4C[C@](O)(C(F)(F)F)CC[C@]4(C)[C@H]3CC[C@]12C. The second kappa shape index (κ2) is 9.56. The minimum Gasteiger partial charge on any atom is -0.390 e. The van der Waals surface area contributed by atoms with E-state index in [0.29, 0.717) is 42.4 Å². The summed E-state index contributed by atoms with van der Waals surface area (Å²) in [5.41, 5.74) is -3.33. The van der Waals surface area contributed by atoms with Crippen molar-refractivity contribution in [3.8, 4) is 0 Å². The van der Waals surface area contributed by atoms with Gasteiger partial charge in [-0.2, -0.15) is 13.2 Å². The smallest absolute Gasteiger partial charge is 0.390 e. The van der Waals surface area contributed by atoms with Crippen LogP contribution in [-0.4, -0.2) is 33.5 Å². The molecule has 2 N–H and O–H groups in total. The first-order chi connectivity index (χ1) is 17.5. The summed E-state index contributed by atoms with van der Waals surface area (Å²) >= 11 is 0. The van der Waals surface area contributed by atoms with Gasteiger partial charge in [0, 0.05) is 12.8 Å². The highest BCUT2D eigenvalue weighted by molar-refractivity contribution is 5.11. The molecule has 0 spiro atoms. The number of hydrogen-bond donors (Lipinski definition) is 2. The van der Waals surface area contributed by atoms with Crippen LogP contribution in [0.2, 0.25) is 0 Å². The Labute approximate surface area is 225 Å². The van der Waals surface area contributed by atoms with E-state index in [4.69, 9.17) is 0 Å². The van der Waals surface area contributed by atoms with E-state index in [1.54, 1.807) is 0 Å². The quantitative estimate of drug-likeness (QED) is 0.338. The molecule has 0 aromatic carbocycles. The van der Waals surface area contributed by atoms with Gasteiger partial charge in [0.05, 0.1) is 5.60 Å². The molecule has 2 nitrogen and oxygen atoms in total. The average molecular weight is 549 g/mol. The Hall–Kier alpha value is -0.430. The largest absolute Gasteiger partial charge is 0.417 e. The molecule has 0 aliphatic heterocycles. The zero-order valence-corrected chi connectivity index (χ0v) is 23.6. The first kappa shape index (κ1) is 29.1. The highest BCUT2D eigenvalue weighted by atomic mass is 19.4. The van der Waals surface area contributed by atoms with Crippen molar-refractivity contribution < 1.29 is 32.2 Å². The third-order valence-electron chi connectivity index (χ3n) is 13.2. The van der Waals surface area contributed by atoms with Crippen molar-refractivity contribution in [2.75, 3.05) is 0 Å². The summed E-state index contributed by atoms with van der Waals surface area (Å²) in [4.78, 5) is 0. The highest BCUT2D eigenvalue weighted by Gasteiger charge is 2.65. The van der Waals surface area contributed by atoms with Gasteiger partial charge in [-0.25, -0.2) is 8.78 Å². The van der Waals surface area contributed by atoms with Crippen LogP contribution < -0.4 is 0 Å². The molecule has 0 heterocycles. The maximum atomic E-state index is 13.6. The minimum absolute atomic E-state index is 0.0601. The molecule has 0 unspecified atom stereocenters. The molecule has 0 radical (unpaired) electrons. The fourth-order valence-electron chi connectivity index (χ4n) is 10.8. The van der Waals surface area contributed by atoms with Crippen molar-refractivity contribution in [3.63, 3.8) is 0 Å². The van der Waals surface area contributed by atoms with Crippen molar-refractivity contribution in [3.05, 3.63) is 0 Å². The molecule has 9 atom stereocenters. The lowest BCUT2D eigenvalue weighted by Gasteiger charge is -2.62. The number of fused-ring (bicyclic) bond motifs is 5. The summed E-state index contributed by atoms with van der Waals surface area (Å²) < 4.78 is 68.0. The normalized spacial score (nSPS) is 47.1. The van der Waals surface area contributed by atoms with Crippen LogP contribution in [-0.2, 0) is 0 Å². The summed E-state index contributed by atoms with van der Waals surface area (Å²) in [5.74, 6) is 0.0530. The lowest BCUT2D eigenvalue weighted by Crippen LogP contribution is -2.59. The third kappa shape index (κ3) is 4.86. The molecule has 5 rings (SSSR count). The molecule has 7 heteroatoms. The van der Waals surface area contributed by atoms with E-state index in [1.807, 2.05) is 0 Å². The van der Waals surface area contributed by atoms with Gasteiger partial charge in [-0.15, -0.1) is 0 Å². The van der Waals surface area contributed by atoms with Crippen molar-refractivity contribution in [2.24, 2.45) is 46.3 Å². The van der Waals surface area contributed by atoms with E-state index in [-0.39, 0.29) is 55.3 Å². The van der Waals surface area contributed by atoms with E-state index >= 15 is 0 Å². The monoisotopic (exact) mass is 548 g/mol. The van der Waals surface area contributed by atoms with Gasteiger partial charge in [-0.3, -0.25) is 0 Å². The second-order valence-corrected chi connectivity index (χ2v) is 15.1. The number of rotatable bonds is 5. The molecular formula is C31H49F5O2. The summed E-state index contributed by atoms with van der Waals surface area (Å²) in [6, 6.07) is 0. The number of aliphatic hydroxyl groups is 2. The van der Waals surface area contributed by atoms with Crippen molar-refractivity contribution >= 4 is 0 Å². The maximum Gasteiger partial charge on any atom is 0.417 e. The van der Waals surface area contributed by atoms with E-state index in [2.05, 4.69) is 20.8 Å². The van der Waals surface area contributed by atoms with Gasteiger partial charge in [0.25, 0.3) is 0 Å². The van der Waals surface area contributed by atoms with E-state index < -0.39 is 23.3 Å². The van der Waals surface area contributed by atoms with Crippen LogP contribution in [0, 0.1) is 46.3 Å². The van der Waals surface area contributed by atoms with Crippen LogP contribution in [0.3, 0.4) is 0 Å². The van der Waals surface area contributed by atoms with Crippen LogP contribution in [0.4, 0.5) is 22.0 Å². The van der Waals surface area contributed by atoms with Gasteiger partial charge in [0.15, 0.2) is 5.60 Å². The third-order valence-corrected chi connectivity index (χ3v) is 13.2. The molecule has 0 aromatic heterocycles. The molecule has 0 aromatic rings. The van der Waals surface area contributed by atoms with Gasteiger partial charge >= 0.3 is 6.18 Å². The van der Waals surface area contributed by atoms with E-state index in [9.17, 15) is 32.2 Å². The summed E-state index contributed by atoms with van der Waals surface area (Å²) in [6.45, 7) is 7.03. The first-order valence-electron chi connectivity index (χ1n) is 15.4. The lowest BCUT2D eigenvalue weighted by atomic mass is 9.43. The molecular weight excluding hydrogens is 499 g/mol. The molecule has 5 aliphatic rings. The fourth-order valence-corrected chi connectivity index (χ4v) is 10.8. The minimum atomic E-state index is -4.55. The van der Waals surface area contributed by atoms with E-state index in [1.165, 1.54) is 12.8 Å². The Morgan fingerprint density at radius 1 is 0.789 bits per heavy atom. The predicted molar refractivity (Wildman–Crippen MR) is 138 cm³/mol. The van der Waals surface area contributed by atoms with Crippen LogP contribution in [0.5, 0.6) is 0 Å². The van der Waals surface area contributed by atoms with Gasteiger partial charge in [-0.1, -0.05) is 33.6 Å². The van der Waals surface area contributed by atoms with Crippen LogP contribution in [0.1, 0.15) is 124 Å². The molecule has 0 amide bonds.